The van der Waals surface area contributed by atoms with Crippen LogP contribution in [-0.4, -0.2) is 49.9 Å². The SMILES string of the molecule is CC(CCCC(=O)O)NC(=O)S[C@@H]1CC(=O)N(Cc2ccc(Oc3ccc(F)cc3)nc2)C1. The molecule has 1 saturated heterocycles. The van der Waals surface area contributed by atoms with Gasteiger partial charge < -0.3 is 20.1 Å². The van der Waals surface area contributed by atoms with E-state index in [1.165, 1.54) is 24.3 Å². The lowest BCUT2D eigenvalue weighted by Crippen LogP contribution is -2.31. The molecule has 1 aliphatic heterocycles. The molecule has 2 heterocycles. The van der Waals surface area contributed by atoms with Gasteiger partial charge in [-0.2, -0.15) is 0 Å². The van der Waals surface area contributed by atoms with Crippen molar-refractivity contribution in [3.63, 3.8) is 0 Å². The third-order valence-corrected chi connectivity index (χ3v) is 6.03. The smallest absolute Gasteiger partial charge is 0.303 e. The standard InChI is InChI=1S/C23H26FN3O5S/c1-15(3-2-4-22(29)30)26-23(31)33-19-11-21(28)27(14-19)13-16-5-10-20(25-12-16)32-18-8-6-17(24)7-9-18/h5-10,12,15,19H,2-4,11,13-14H2,1H3,(H,26,31)(H,29,30)/t15?,19-/m1/s1. The highest BCUT2D eigenvalue weighted by Gasteiger charge is 2.31. The summed E-state index contributed by atoms with van der Waals surface area (Å²) in [5, 5.41) is 11.2. The first-order valence-corrected chi connectivity index (χ1v) is 11.5. The van der Waals surface area contributed by atoms with Gasteiger partial charge in [0.15, 0.2) is 0 Å². The normalized spacial score (nSPS) is 16.5. The molecule has 0 aliphatic carbocycles. The predicted molar refractivity (Wildman–Crippen MR) is 122 cm³/mol. The van der Waals surface area contributed by atoms with Gasteiger partial charge in [0.2, 0.25) is 11.8 Å². The summed E-state index contributed by atoms with van der Waals surface area (Å²) in [6.07, 6.45) is 3.07. The van der Waals surface area contributed by atoms with E-state index >= 15 is 0 Å². The first kappa shape index (κ1) is 24.5. The van der Waals surface area contributed by atoms with Gasteiger partial charge in [0.25, 0.3) is 5.24 Å². The first-order valence-electron chi connectivity index (χ1n) is 10.6. The molecule has 1 aliphatic rings. The van der Waals surface area contributed by atoms with Crippen LogP contribution < -0.4 is 10.1 Å². The molecule has 2 atom stereocenters. The number of nitrogens with zero attached hydrogens (tertiary/aromatic N) is 2. The molecular formula is C23H26FN3O5S. The minimum Gasteiger partial charge on any atom is -0.481 e. The van der Waals surface area contributed by atoms with Crippen LogP contribution in [0, 0.1) is 5.82 Å². The van der Waals surface area contributed by atoms with Crippen molar-refractivity contribution in [3.05, 3.63) is 54.0 Å². The third-order valence-electron chi connectivity index (χ3n) is 5.05. The van der Waals surface area contributed by atoms with Gasteiger partial charge in [-0.05, 0) is 49.6 Å². The van der Waals surface area contributed by atoms with Crippen molar-refractivity contribution in [2.24, 2.45) is 0 Å². The molecule has 1 aromatic carbocycles. The van der Waals surface area contributed by atoms with Gasteiger partial charge >= 0.3 is 5.97 Å². The maximum Gasteiger partial charge on any atom is 0.303 e. The van der Waals surface area contributed by atoms with Crippen LogP contribution >= 0.6 is 11.8 Å². The quantitative estimate of drug-likeness (QED) is 0.530. The van der Waals surface area contributed by atoms with Gasteiger partial charge in [0, 0.05) is 49.5 Å². The van der Waals surface area contributed by atoms with Crippen molar-refractivity contribution < 1.29 is 28.6 Å². The van der Waals surface area contributed by atoms with Gasteiger partial charge in [-0.25, -0.2) is 9.37 Å². The number of aromatic nitrogens is 1. The second-order valence-electron chi connectivity index (χ2n) is 7.90. The van der Waals surface area contributed by atoms with Gasteiger partial charge in [-0.1, -0.05) is 17.8 Å². The summed E-state index contributed by atoms with van der Waals surface area (Å²) >= 11 is 1.11. The summed E-state index contributed by atoms with van der Waals surface area (Å²) in [5.74, 6) is -0.388. The Morgan fingerprint density at radius 2 is 2.06 bits per heavy atom. The minimum atomic E-state index is -0.849. The molecule has 176 valence electrons. The number of amides is 2. The van der Waals surface area contributed by atoms with Crippen molar-refractivity contribution in [1.29, 1.82) is 0 Å². The van der Waals surface area contributed by atoms with E-state index in [4.69, 9.17) is 9.84 Å². The first-order chi connectivity index (χ1) is 15.8. The van der Waals surface area contributed by atoms with Crippen LogP contribution in [0.1, 0.15) is 38.2 Å². The molecule has 3 rings (SSSR count). The summed E-state index contributed by atoms with van der Waals surface area (Å²) in [6.45, 7) is 2.67. The second kappa shape index (κ2) is 11.6. The fourth-order valence-electron chi connectivity index (χ4n) is 3.39. The summed E-state index contributed by atoms with van der Waals surface area (Å²) in [6, 6.07) is 9.00. The lowest BCUT2D eigenvalue weighted by molar-refractivity contribution is -0.137. The number of carboxylic acid groups (broad SMARTS) is 1. The predicted octanol–water partition coefficient (Wildman–Crippen LogP) is 4.20. The molecule has 2 aromatic rings. The highest BCUT2D eigenvalue weighted by molar-refractivity contribution is 8.14. The van der Waals surface area contributed by atoms with Gasteiger partial charge in [0.1, 0.15) is 11.6 Å². The fraction of sp³-hybridized carbons (Fsp3) is 0.391. The molecule has 1 fully saturated rings. The number of halogens is 1. The van der Waals surface area contributed by atoms with Crippen molar-refractivity contribution in [2.75, 3.05) is 6.54 Å². The summed E-state index contributed by atoms with van der Waals surface area (Å²) < 4.78 is 18.6. The number of aliphatic carboxylic acids is 1. The number of hydrogen-bond acceptors (Lipinski definition) is 6. The number of hydrogen-bond donors (Lipinski definition) is 2. The summed E-state index contributed by atoms with van der Waals surface area (Å²) in [5.41, 5.74) is 0.831. The molecule has 33 heavy (non-hydrogen) atoms. The van der Waals surface area contributed by atoms with E-state index in [-0.39, 0.29) is 41.1 Å². The number of thioether (sulfide) groups is 1. The van der Waals surface area contributed by atoms with Crippen molar-refractivity contribution in [1.82, 2.24) is 15.2 Å². The van der Waals surface area contributed by atoms with E-state index in [1.807, 2.05) is 13.0 Å². The fourth-order valence-corrected chi connectivity index (χ4v) is 4.45. The molecule has 0 radical (unpaired) electrons. The lowest BCUT2D eigenvalue weighted by Gasteiger charge is -2.17. The Balaban J connectivity index is 1.43. The molecule has 0 spiro atoms. The number of rotatable bonds is 10. The topological polar surface area (TPSA) is 109 Å². The van der Waals surface area contributed by atoms with E-state index in [0.29, 0.717) is 37.6 Å². The van der Waals surface area contributed by atoms with Crippen LogP contribution in [0.3, 0.4) is 0 Å². The third kappa shape index (κ3) is 8.05. The summed E-state index contributed by atoms with van der Waals surface area (Å²) in [7, 11) is 0. The molecule has 2 N–H and O–H groups in total. The molecule has 1 unspecified atom stereocenters. The average molecular weight is 476 g/mol. The molecule has 1 aromatic heterocycles. The molecule has 10 heteroatoms. The maximum atomic E-state index is 13.0. The number of likely N-dealkylation sites (tertiary alicyclic amines) is 1. The molecule has 8 nitrogen and oxygen atoms in total. The highest BCUT2D eigenvalue weighted by Crippen LogP contribution is 2.26. The number of pyridine rings is 1. The zero-order valence-corrected chi connectivity index (χ0v) is 19.0. The Morgan fingerprint density at radius 1 is 1.30 bits per heavy atom. The van der Waals surface area contributed by atoms with E-state index < -0.39 is 5.97 Å². The van der Waals surface area contributed by atoms with E-state index in [9.17, 15) is 18.8 Å². The summed E-state index contributed by atoms with van der Waals surface area (Å²) in [4.78, 5) is 41.1. The van der Waals surface area contributed by atoms with Crippen LogP contribution in [0.25, 0.3) is 0 Å². The van der Waals surface area contributed by atoms with Gasteiger partial charge in [-0.15, -0.1) is 0 Å². The Kier molecular flexibility index (Phi) is 8.65. The molecule has 2 amide bonds. The van der Waals surface area contributed by atoms with Crippen molar-refractivity contribution >= 4 is 28.9 Å². The van der Waals surface area contributed by atoms with Crippen LogP contribution in [0.2, 0.25) is 0 Å². The van der Waals surface area contributed by atoms with Crippen LogP contribution in [0.4, 0.5) is 9.18 Å². The highest BCUT2D eigenvalue weighted by atomic mass is 32.2. The number of carbonyl (C=O) groups is 3. The van der Waals surface area contributed by atoms with Gasteiger partial charge in [-0.3, -0.25) is 14.4 Å². The minimum absolute atomic E-state index is 0.0264. The maximum absolute atomic E-state index is 13.0. The largest absolute Gasteiger partial charge is 0.481 e. The monoisotopic (exact) mass is 475 g/mol. The van der Waals surface area contributed by atoms with Crippen molar-refractivity contribution in [2.45, 2.75) is 50.4 Å². The van der Waals surface area contributed by atoms with E-state index in [2.05, 4.69) is 10.3 Å². The molecule has 0 saturated carbocycles. The molecule has 0 bridgehead atoms. The average Bonchev–Trinajstić information content (AvgIpc) is 3.09. The van der Waals surface area contributed by atoms with E-state index in [1.54, 1.807) is 17.2 Å². The number of carbonyl (C=O) groups excluding carboxylic acids is 2. The lowest BCUT2D eigenvalue weighted by atomic mass is 10.1. The zero-order valence-electron chi connectivity index (χ0n) is 18.2. The number of benzene rings is 1. The Bertz CT molecular complexity index is 971. The Morgan fingerprint density at radius 3 is 2.73 bits per heavy atom. The molecular weight excluding hydrogens is 449 g/mol. The van der Waals surface area contributed by atoms with Crippen molar-refractivity contribution in [3.8, 4) is 11.6 Å². The number of carboxylic acids is 1. The van der Waals surface area contributed by atoms with Gasteiger partial charge in [0.05, 0.1) is 0 Å². The number of ether oxygens (including phenoxy) is 1. The Hall–Kier alpha value is -3.14. The Labute approximate surface area is 195 Å². The van der Waals surface area contributed by atoms with Crippen LogP contribution in [0.5, 0.6) is 11.6 Å². The van der Waals surface area contributed by atoms with E-state index in [0.717, 1.165) is 17.3 Å². The zero-order chi connectivity index (χ0) is 23.8. The van der Waals surface area contributed by atoms with Crippen LogP contribution in [-0.2, 0) is 16.1 Å². The second-order valence-corrected chi connectivity index (χ2v) is 9.17. The number of nitrogens with one attached hydrogen (secondary N) is 1. The van der Waals surface area contributed by atoms with Crippen LogP contribution in [0.15, 0.2) is 42.6 Å².